The molecule has 0 amide bonds. The Balaban J connectivity index is 2.31. The summed E-state index contributed by atoms with van der Waals surface area (Å²) < 4.78 is 0. The first-order valence-corrected chi connectivity index (χ1v) is 7.30. The highest BCUT2D eigenvalue weighted by Gasteiger charge is 2.23. The molecule has 0 aromatic heterocycles. The average molecular weight is 268 g/mol. The molecule has 3 heteroatoms. The van der Waals surface area contributed by atoms with Crippen molar-refractivity contribution in [2.24, 2.45) is 0 Å². The fraction of sp³-hybridized carbons (Fsp3) is 0.600. The minimum atomic E-state index is 0.0547. The van der Waals surface area contributed by atoms with E-state index in [2.05, 4.69) is 11.8 Å². The van der Waals surface area contributed by atoms with Crippen molar-refractivity contribution in [1.29, 1.82) is 0 Å². The third-order valence-electron chi connectivity index (χ3n) is 3.88. The fourth-order valence-electron chi connectivity index (χ4n) is 3.00. The van der Waals surface area contributed by atoms with Gasteiger partial charge in [-0.3, -0.25) is 0 Å². The molecule has 2 rings (SSSR count). The lowest BCUT2D eigenvalue weighted by atomic mass is 9.93. The van der Waals surface area contributed by atoms with E-state index in [9.17, 15) is 5.11 Å². The van der Waals surface area contributed by atoms with Crippen LogP contribution in [-0.4, -0.2) is 17.7 Å². The molecule has 0 atom stereocenters. The van der Waals surface area contributed by atoms with E-state index in [0.29, 0.717) is 6.04 Å². The van der Waals surface area contributed by atoms with Crippen molar-refractivity contribution in [3.63, 3.8) is 0 Å². The number of hydrogen-bond acceptors (Lipinski definition) is 2. The van der Waals surface area contributed by atoms with Crippen LogP contribution in [0.15, 0.2) is 18.2 Å². The molecule has 0 aliphatic heterocycles. The predicted molar refractivity (Wildman–Crippen MR) is 77.3 cm³/mol. The lowest BCUT2D eigenvalue weighted by Gasteiger charge is -2.37. The van der Waals surface area contributed by atoms with Crippen LogP contribution < -0.4 is 4.90 Å². The maximum absolute atomic E-state index is 9.50. The smallest absolute Gasteiger partial charge is 0.0702 e. The zero-order valence-corrected chi connectivity index (χ0v) is 11.8. The summed E-state index contributed by atoms with van der Waals surface area (Å²) in [6, 6.07) is 6.37. The standard InChI is InChI=1S/C15H22ClNO/c1-2-17(13-8-4-3-5-9-13)15-12(11-18)7-6-10-14(15)16/h6-7,10,13,18H,2-5,8-9,11H2,1H3. The second kappa shape index (κ2) is 6.44. The lowest BCUT2D eigenvalue weighted by molar-refractivity contribution is 0.281. The topological polar surface area (TPSA) is 23.5 Å². The van der Waals surface area contributed by atoms with E-state index in [1.165, 1.54) is 32.1 Å². The largest absolute Gasteiger partial charge is 0.392 e. The highest BCUT2D eigenvalue weighted by atomic mass is 35.5. The van der Waals surface area contributed by atoms with Gasteiger partial charge in [0.25, 0.3) is 0 Å². The Morgan fingerprint density at radius 3 is 2.61 bits per heavy atom. The summed E-state index contributed by atoms with van der Waals surface area (Å²) in [6.45, 7) is 3.17. The molecule has 1 aromatic rings. The molecule has 2 nitrogen and oxygen atoms in total. The van der Waals surface area contributed by atoms with Crippen LogP contribution in [-0.2, 0) is 6.61 Å². The molecular weight excluding hydrogens is 246 g/mol. The Kier molecular flexibility index (Phi) is 4.90. The monoisotopic (exact) mass is 267 g/mol. The van der Waals surface area contributed by atoms with Gasteiger partial charge in [0.15, 0.2) is 0 Å². The Morgan fingerprint density at radius 2 is 2.00 bits per heavy atom. The van der Waals surface area contributed by atoms with Gasteiger partial charge in [0, 0.05) is 18.2 Å². The number of hydrogen-bond donors (Lipinski definition) is 1. The van der Waals surface area contributed by atoms with Crippen LogP contribution in [0.4, 0.5) is 5.69 Å². The van der Waals surface area contributed by atoms with Crippen LogP contribution >= 0.6 is 11.6 Å². The summed E-state index contributed by atoms with van der Waals surface area (Å²) >= 11 is 6.35. The Bertz CT molecular complexity index is 388. The van der Waals surface area contributed by atoms with Crippen LogP contribution in [0.5, 0.6) is 0 Å². The molecule has 0 unspecified atom stereocenters. The second-order valence-corrected chi connectivity index (χ2v) is 5.39. The van der Waals surface area contributed by atoms with Crippen LogP contribution in [0.25, 0.3) is 0 Å². The quantitative estimate of drug-likeness (QED) is 0.892. The highest BCUT2D eigenvalue weighted by Crippen LogP contribution is 2.34. The van der Waals surface area contributed by atoms with E-state index in [1.54, 1.807) is 0 Å². The van der Waals surface area contributed by atoms with Gasteiger partial charge in [-0.2, -0.15) is 0 Å². The summed E-state index contributed by atoms with van der Waals surface area (Å²) in [4.78, 5) is 2.38. The van der Waals surface area contributed by atoms with Crippen molar-refractivity contribution in [3.05, 3.63) is 28.8 Å². The molecule has 0 radical (unpaired) electrons. The Morgan fingerprint density at radius 1 is 1.28 bits per heavy atom. The molecular formula is C15H22ClNO. The number of halogens is 1. The normalized spacial score (nSPS) is 16.8. The van der Waals surface area contributed by atoms with Gasteiger partial charge >= 0.3 is 0 Å². The van der Waals surface area contributed by atoms with E-state index in [-0.39, 0.29) is 6.61 Å². The van der Waals surface area contributed by atoms with Crippen LogP contribution in [0.2, 0.25) is 5.02 Å². The van der Waals surface area contributed by atoms with Crippen molar-refractivity contribution in [1.82, 2.24) is 0 Å². The minimum absolute atomic E-state index is 0.0547. The highest BCUT2D eigenvalue weighted by molar-refractivity contribution is 6.33. The van der Waals surface area contributed by atoms with Gasteiger partial charge in [-0.05, 0) is 25.8 Å². The summed E-state index contributed by atoms with van der Waals surface area (Å²) in [5.74, 6) is 0. The van der Waals surface area contributed by atoms with Crippen molar-refractivity contribution in [3.8, 4) is 0 Å². The molecule has 100 valence electrons. The molecule has 0 saturated heterocycles. The second-order valence-electron chi connectivity index (χ2n) is 4.98. The molecule has 18 heavy (non-hydrogen) atoms. The third-order valence-corrected chi connectivity index (χ3v) is 4.19. The van der Waals surface area contributed by atoms with Gasteiger partial charge in [-0.1, -0.05) is 43.0 Å². The zero-order valence-electron chi connectivity index (χ0n) is 11.0. The van der Waals surface area contributed by atoms with E-state index < -0.39 is 0 Å². The SMILES string of the molecule is CCN(c1c(Cl)cccc1CO)C1CCCCC1. The van der Waals surface area contributed by atoms with E-state index in [0.717, 1.165) is 22.8 Å². The molecule has 1 aromatic carbocycles. The van der Waals surface area contributed by atoms with E-state index >= 15 is 0 Å². The molecule has 1 saturated carbocycles. The Hall–Kier alpha value is -0.730. The first kappa shape index (κ1) is 13.7. The van der Waals surface area contributed by atoms with Crippen molar-refractivity contribution < 1.29 is 5.11 Å². The van der Waals surface area contributed by atoms with Gasteiger partial charge in [0.1, 0.15) is 0 Å². The average Bonchev–Trinajstić information content (AvgIpc) is 2.42. The van der Waals surface area contributed by atoms with Crippen LogP contribution in [0, 0.1) is 0 Å². The molecule has 1 N–H and O–H groups in total. The first-order valence-electron chi connectivity index (χ1n) is 6.92. The summed E-state index contributed by atoms with van der Waals surface area (Å²) in [5.41, 5.74) is 1.98. The number of aliphatic hydroxyl groups excluding tert-OH is 1. The summed E-state index contributed by atoms with van der Waals surface area (Å²) in [6.07, 6.45) is 6.44. The summed E-state index contributed by atoms with van der Waals surface area (Å²) in [5, 5.41) is 10.3. The van der Waals surface area contributed by atoms with E-state index in [4.69, 9.17) is 11.6 Å². The maximum atomic E-state index is 9.50. The number of benzene rings is 1. The number of para-hydroxylation sites is 1. The molecule has 0 bridgehead atoms. The van der Waals surface area contributed by atoms with Crippen molar-refractivity contribution in [2.45, 2.75) is 51.7 Å². The zero-order chi connectivity index (χ0) is 13.0. The lowest BCUT2D eigenvalue weighted by Crippen LogP contribution is -2.37. The fourth-order valence-corrected chi connectivity index (χ4v) is 3.30. The van der Waals surface area contributed by atoms with Gasteiger partial charge in [0.2, 0.25) is 0 Å². The number of nitrogens with zero attached hydrogens (tertiary/aromatic N) is 1. The van der Waals surface area contributed by atoms with Gasteiger partial charge in [0.05, 0.1) is 17.3 Å². The van der Waals surface area contributed by atoms with E-state index in [1.807, 2.05) is 18.2 Å². The van der Waals surface area contributed by atoms with Gasteiger partial charge < -0.3 is 10.0 Å². The number of anilines is 1. The van der Waals surface area contributed by atoms with Crippen molar-refractivity contribution in [2.75, 3.05) is 11.4 Å². The van der Waals surface area contributed by atoms with Crippen LogP contribution in [0.3, 0.4) is 0 Å². The Labute approximate surface area is 115 Å². The first-order chi connectivity index (χ1) is 8.77. The molecule has 1 aliphatic carbocycles. The minimum Gasteiger partial charge on any atom is -0.392 e. The van der Waals surface area contributed by atoms with Crippen LogP contribution in [0.1, 0.15) is 44.6 Å². The van der Waals surface area contributed by atoms with Gasteiger partial charge in [-0.25, -0.2) is 0 Å². The molecule has 0 spiro atoms. The number of rotatable bonds is 4. The van der Waals surface area contributed by atoms with Gasteiger partial charge in [-0.15, -0.1) is 0 Å². The molecule has 1 aliphatic rings. The summed E-state index contributed by atoms with van der Waals surface area (Å²) in [7, 11) is 0. The number of aliphatic hydroxyl groups is 1. The predicted octanol–water partition coefficient (Wildman–Crippen LogP) is 3.99. The van der Waals surface area contributed by atoms with Crippen molar-refractivity contribution >= 4 is 17.3 Å². The third kappa shape index (κ3) is 2.81. The molecule has 0 heterocycles. The molecule has 1 fully saturated rings. The maximum Gasteiger partial charge on any atom is 0.0702 e.